The van der Waals surface area contributed by atoms with Crippen LogP contribution in [0.25, 0.3) is 0 Å². The Labute approximate surface area is 109 Å². The Balaban J connectivity index is 3.03. The van der Waals surface area contributed by atoms with Crippen molar-refractivity contribution in [2.24, 2.45) is 5.73 Å². The molecule has 0 radical (unpaired) electrons. The van der Waals surface area contributed by atoms with Gasteiger partial charge in [-0.15, -0.1) is 0 Å². The van der Waals surface area contributed by atoms with Gasteiger partial charge in [-0.2, -0.15) is 0 Å². The van der Waals surface area contributed by atoms with Gasteiger partial charge in [0.25, 0.3) is 0 Å². The van der Waals surface area contributed by atoms with E-state index in [0.29, 0.717) is 24.4 Å². The first-order valence-corrected chi connectivity index (χ1v) is 6.07. The van der Waals surface area contributed by atoms with Gasteiger partial charge in [-0.05, 0) is 23.1 Å². The van der Waals surface area contributed by atoms with Gasteiger partial charge in [-0.25, -0.2) is 0 Å². The SMILES string of the molecule is COc1ccc(C(C)(C)C)cc1NC(=O)CCN. The Kier molecular flexibility index (Phi) is 4.73. The topological polar surface area (TPSA) is 64.3 Å². The molecule has 100 valence electrons. The van der Waals surface area contributed by atoms with E-state index in [1.165, 1.54) is 0 Å². The third-order valence-corrected chi connectivity index (χ3v) is 2.71. The molecule has 0 saturated carbocycles. The fraction of sp³-hybridized carbons (Fsp3) is 0.500. The van der Waals surface area contributed by atoms with Crippen molar-refractivity contribution < 1.29 is 9.53 Å². The molecule has 0 aliphatic heterocycles. The van der Waals surface area contributed by atoms with E-state index in [-0.39, 0.29) is 11.3 Å². The molecule has 0 aliphatic rings. The average Bonchev–Trinajstić information content (AvgIpc) is 2.28. The van der Waals surface area contributed by atoms with E-state index in [2.05, 4.69) is 26.1 Å². The van der Waals surface area contributed by atoms with E-state index in [0.717, 1.165) is 5.56 Å². The molecule has 1 aromatic rings. The molecule has 1 aromatic carbocycles. The number of nitrogens with two attached hydrogens (primary N) is 1. The lowest BCUT2D eigenvalue weighted by molar-refractivity contribution is -0.116. The summed E-state index contributed by atoms with van der Waals surface area (Å²) < 4.78 is 5.25. The predicted molar refractivity (Wildman–Crippen MR) is 74.0 cm³/mol. The van der Waals surface area contributed by atoms with E-state index in [1.54, 1.807) is 7.11 Å². The molecule has 4 heteroatoms. The summed E-state index contributed by atoms with van der Waals surface area (Å²) in [6.45, 7) is 6.72. The zero-order chi connectivity index (χ0) is 13.8. The highest BCUT2D eigenvalue weighted by atomic mass is 16.5. The molecule has 1 amide bonds. The normalized spacial score (nSPS) is 11.2. The smallest absolute Gasteiger partial charge is 0.225 e. The van der Waals surface area contributed by atoms with Gasteiger partial charge < -0.3 is 15.8 Å². The monoisotopic (exact) mass is 250 g/mol. The molecule has 18 heavy (non-hydrogen) atoms. The van der Waals surface area contributed by atoms with Crippen molar-refractivity contribution in [2.75, 3.05) is 19.0 Å². The highest BCUT2D eigenvalue weighted by Crippen LogP contribution is 2.31. The molecular weight excluding hydrogens is 228 g/mol. The summed E-state index contributed by atoms with van der Waals surface area (Å²) in [5.41, 5.74) is 7.23. The first kappa shape index (κ1) is 14.5. The van der Waals surface area contributed by atoms with Crippen LogP contribution in [-0.4, -0.2) is 19.6 Å². The van der Waals surface area contributed by atoms with Crippen molar-refractivity contribution >= 4 is 11.6 Å². The van der Waals surface area contributed by atoms with Crippen molar-refractivity contribution in [2.45, 2.75) is 32.6 Å². The van der Waals surface area contributed by atoms with Crippen LogP contribution >= 0.6 is 0 Å². The van der Waals surface area contributed by atoms with Crippen molar-refractivity contribution in [3.8, 4) is 5.75 Å². The number of hydrogen-bond acceptors (Lipinski definition) is 3. The molecule has 0 heterocycles. The predicted octanol–water partition coefficient (Wildman–Crippen LogP) is 2.28. The number of ether oxygens (including phenoxy) is 1. The van der Waals surface area contributed by atoms with Crippen LogP contribution in [0.4, 0.5) is 5.69 Å². The van der Waals surface area contributed by atoms with Crippen molar-refractivity contribution in [1.82, 2.24) is 0 Å². The van der Waals surface area contributed by atoms with Gasteiger partial charge in [0.05, 0.1) is 12.8 Å². The fourth-order valence-electron chi connectivity index (χ4n) is 1.62. The molecule has 0 spiro atoms. The van der Waals surface area contributed by atoms with Gasteiger partial charge in [-0.3, -0.25) is 4.79 Å². The standard InChI is InChI=1S/C14H22N2O2/c1-14(2,3)10-5-6-12(18-4)11(9-10)16-13(17)7-8-15/h5-6,9H,7-8,15H2,1-4H3,(H,16,17). The maximum absolute atomic E-state index is 11.6. The zero-order valence-corrected chi connectivity index (χ0v) is 11.5. The number of methoxy groups -OCH3 is 1. The van der Waals surface area contributed by atoms with Gasteiger partial charge in [0.1, 0.15) is 5.75 Å². The summed E-state index contributed by atoms with van der Waals surface area (Å²) in [5.74, 6) is 0.565. The Hall–Kier alpha value is -1.55. The first-order chi connectivity index (χ1) is 8.38. The van der Waals surface area contributed by atoms with Gasteiger partial charge in [0.2, 0.25) is 5.91 Å². The summed E-state index contributed by atoms with van der Waals surface area (Å²) in [7, 11) is 1.59. The lowest BCUT2D eigenvalue weighted by Crippen LogP contribution is -2.18. The fourth-order valence-corrected chi connectivity index (χ4v) is 1.62. The Morgan fingerprint density at radius 2 is 2.06 bits per heavy atom. The van der Waals surface area contributed by atoms with Gasteiger partial charge in [0.15, 0.2) is 0 Å². The molecule has 0 saturated heterocycles. The second kappa shape index (κ2) is 5.87. The number of carbonyl (C=O) groups excluding carboxylic acids is 1. The first-order valence-electron chi connectivity index (χ1n) is 6.07. The van der Waals surface area contributed by atoms with Gasteiger partial charge in [0, 0.05) is 13.0 Å². The molecule has 1 rings (SSSR count). The van der Waals surface area contributed by atoms with Crippen molar-refractivity contribution in [3.63, 3.8) is 0 Å². The molecule has 0 aliphatic carbocycles. The molecule has 0 aromatic heterocycles. The molecule has 0 unspecified atom stereocenters. The van der Waals surface area contributed by atoms with Crippen LogP contribution in [0, 0.1) is 0 Å². The summed E-state index contributed by atoms with van der Waals surface area (Å²) in [4.78, 5) is 11.6. The van der Waals surface area contributed by atoms with Crippen molar-refractivity contribution in [1.29, 1.82) is 0 Å². The molecule has 0 bridgehead atoms. The van der Waals surface area contributed by atoms with Crippen molar-refractivity contribution in [3.05, 3.63) is 23.8 Å². The molecule has 0 atom stereocenters. The van der Waals surface area contributed by atoms with E-state index >= 15 is 0 Å². The molecule has 0 fully saturated rings. The van der Waals surface area contributed by atoms with E-state index in [1.807, 2.05) is 18.2 Å². The van der Waals surface area contributed by atoms with E-state index in [9.17, 15) is 4.79 Å². The van der Waals surface area contributed by atoms with Crippen LogP contribution in [0.1, 0.15) is 32.8 Å². The third kappa shape index (κ3) is 3.74. The Bertz CT molecular complexity index is 422. The van der Waals surface area contributed by atoms with Crippen LogP contribution in [-0.2, 0) is 10.2 Å². The van der Waals surface area contributed by atoms with Gasteiger partial charge >= 0.3 is 0 Å². The zero-order valence-electron chi connectivity index (χ0n) is 11.5. The number of carbonyl (C=O) groups is 1. The summed E-state index contributed by atoms with van der Waals surface area (Å²) >= 11 is 0. The highest BCUT2D eigenvalue weighted by molar-refractivity contribution is 5.92. The number of benzene rings is 1. The number of amides is 1. The largest absolute Gasteiger partial charge is 0.495 e. The molecule has 4 nitrogen and oxygen atoms in total. The minimum Gasteiger partial charge on any atom is -0.495 e. The molecule has 3 N–H and O–H groups in total. The minimum absolute atomic E-state index is 0.0274. The Morgan fingerprint density at radius 1 is 1.39 bits per heavy atom. The van der Waals surface area contributed by atoms with Crippen LogP contribution in [0.3, 0.4) is 0 Å². The highest BCUT2D eigenvalue weighted by Gasteiger charge is 2.16. The van der Waals surface area contributed by atoms with Gasteiger partial charge in [-0.1, -0.05) is 26.8 Å². The number of hydrogen-bond donors (Lipinski definition) is 2. The van der Waals surface area contributed by atoms with Crippen LogP contribution in [0.2, 0.25) is 0 Å². The average molecular weight is 250 g/mol. The maximum atomic E-state index is 11.6. The Morgan fingerprint density at radius 3 is 2.56 bits per heavy atom. The van der Waals surface area contributed by atoms with Crippen LogP contribution in [0.5, 0.6) is 5.75 Å². The quantitative estimate of drug-likeness (QED) is 0.861. The minimum atomic E-state index is -0.0955. The number of anilines is 1. The third-order valence-electron chi connectivity index (χ3n) is 2.71. The summed E-state index contributed by atoms with van der Waals surface area (Å²) in [6, 6.07) is 5.84. The summed E-state index contributed by atoms with van der Waals surface area (Å²) in [6.07, 6.45) is 0.308. The second-order valence-electron chi connectivity index (χ2n) is 5.25. The van der Waals surface area contributed by atoms with Crippen LogP contribution < -0.4 is 15.8 Å². The number of rotatable bonds is 4. The van der Waals surface area contributed by atoms with E-state index in [4.69, 9.17) is 10.5 Å². The maximum Gasteiger partial charge on any atom is 0.225 e. The van der Waals surface area contributed by atoms with E-state index < -0.39 is 0 Å². The number of nitrogens with one attached hydrogen (secondary N) is 1. The van der Waals surface area contributed by atoms with Crippen LogP contribution in [0.15, 0.2) is 18.2 Å². The second-order valence-corrected chi connectivity index (χ2v) is 5.25. The summed E-state index contributed by atoms with van der Waals surface area (Å²) in [5, 5.41) is 2.83. The lowest BCUT2D eigenvalue weighted by atomic mass is 9.87. The molecular formula is C14H22N2O2. The lowest BCUT2D eigenvalue weighted by Gasteiger charge is -2.21.